The largest absolute Gasteiger partial charge is 0.454 e. The normalized spacial score (nSPS) is 11.9. The predicted molar refractivity (Wildman–Crippen MR) is 142 cm³/mol. The minimum atomic E-state index is -0.915. The minimum absolute atomic E-state index is 0.113. The van der Waals surface area contributed by atoms with Crippen molar-refractivity contribution in [2.45, 2.75) is 20.4 Å². The van der Waals surface area contributed by atoms with Gasteiger partial charge in [-0.05, 0) is 66.9 Å². The Morgan fingerprint density at radius 3 is 2.46 bits per heavy atom. The lowest BCUT2D eigenvalue weighted by Gasteiger charge is -2.14. The molecule has 1 aliphatic heterocycles. The fraction of sp³-hybridized carbons (Fsp3) is 0.148. The molecule has 37 heavy (non-hydrogen) atoms. The molecule has 3 N–H and O–H groups in total. The minimum Gasteiger partial charge on any atom is -0.454 e. The molecule has 0 fully saturated rings. The number of para-hydroxylation sites is 1. The number of carbonyl (C=O) groups is 3. The number of aryl methyl sites for hydroxylation is 2. The Kier molecular flexibility index (Phi) is 6.58. The third-order valence-electron chi connectivity index (χ3n) is 6.03. The van der Waals surface area contributed by atoms with Gasteiger partial charge < -0.3 is 20.1 Å². The zero-order valence-corrected chi connectivity index (χ0v) is 21.6. The van der Waals surface area contributed by atoms with Crippen LogP contribution in [0.15, 0.2) is 65.1 Å². The molecule has 10 heteroatoms. The van der Waals surface area contributed by atoms with E-state index in [0.717, 1.165) is 21.2 Å². The monoisotopic (exact) mass is 562 g/mol. The standard InChI is InChI=1S/C27H23BrN4O5/c1-15-4-3-5-16(2)24(15)30-25(33)21-12-18-11-19(28)7-8-20(18)32(21)31-27(35)26(34)29-13-17-6-9-22-23(10-17)37-14-36-22/h3-12H,13-14H2,1-2H3,(H,29,34)(H,30,33)(H,31,35). The van der Waals surface area contributed by atoms with E-state index in [1.165, 1.54) is 4.68 Å². The Morgan fingerprint density at radius 2 is 1.68 bits per heavy atom. The quantitative estimate of drug-likeness (QED) is 0.312. The molecular weight excluding hydrogens is 540 g/mol. The summed E-state index contributed by atoms with van der Waals surface area (Å²) in [6.45, 7) is 4.07. The van der Waals surface area contributed by atoms with Crippen LogP contribution in [-0.2, 0) is 16.1 Å². The highest BCUT2D eigenvalue weighted by molar-refractivity contribution is 9.10. The average Bonchev–Trinajstić information content (AvgIpc) is 3.48. The van der Waals surface area contributed by atoms with Crippen LogP contribution in [0.1, 0.15) is 27.2 Å². The number of nitrogens with zero attached hydrogens (tertiary/aromatic N) is 1. The molecule has 0 saturated carbocycles. The van der Waals surface area contributed by atoms with E-state index in [4.69, 9.17) is 9.47 Å². The van der Waals surface area contributed by atoms with Crippen LogP contribution in [0.2, 0.25) is 0 Å². The van der Waals surface area contributed by atoms with Gasteiger partial charge in [0, 0.05) is 22.1 Å². The second-order valence-corrected chi connectivity index (χ2v) is 9.52. The van der Waals surface area contributed by atoms with E-state index in [2.05, 4.69) is 32.0 Å². The van der Waals surface area contributed by atoms with Crippen LogP contribution in [0.25, 0.3) is 10.9 Å². The Bertz CT molecular complexity index is 1540. The van der Waals surface area contributed by atoms with Crippen molar-refractivity contribution < 1.29 is 23.9 Å². The van der Waals surface area contributed by atoms with Gasteiger partial charge in [0.2, 0.25) is 6.79 Å². The van der Waals surface area contributed by atoms with Crippen LogP contribution in [0.4, 0.5) is 5.69 Å². The summed E-state index contributed by atoms with van der Waals surface area (Å²) in [5, 5.41) is 6.24. The highest BCUT2D eigenvalue weighted by atomic mass is 79.9. The van der Waals surface area contributed by atoms with Crippen LogP contribution in [-0.4, -0.2) is 29.2 Å². The predicted octanol–water partition coefficient (Wildman–Crippen LogP) is 4.39. The number of benzene rings is 3. The van der Waals surface area contributed by atoms with Crippen LogP contribution in [0.3, 0.4) is 0 Å². The van der Waals surface area contributed by atoms with Crippen molar-refractivity contribution in [1.82, 2.24) is 9.99 Å². The first-order valence-electron chi connectivity index (χ1n) is 11.5. The molecule has 188 valence electrons. The molecular formula is C27H23BrN4O5. The molecule has 5 rings (SSSR count). The molecule has 2 heterocycles. The van der Waals surface area contributed by atoms with Gasteiger partial charge in [0.15, 0.2) is 11.5 Å². The van der Waals surface area contributed by atoms with E-state index in [1.54, 1.807) is 36.4 Å². The highest BCUT2D eigenvalue weighted by Crippen LogP contribution is 2.32. The molecule has 0 radical (unpaired) electrons. The zero-order valence-electron chi connectivity index (χ0n) is 20.1. The van der Waals surface area contributed by atoms with Crippen LogP contribution in [0.5, 0.6) is 11.5 Å². The summed E-state index contributed by atoms with van der Waals surface area (Å²) in [5.41, 5.74) is 6.56. The summed E-state index contributed by atoms with van der Waals surface area (Å²) in [6, 6.07) is 18.0. The molecule has 0 saturated heterocycles. The number of ether oxygens (including phenoxy) is 2. The van der Waals surface area contributed by atoms with Crippen molar-refractivity contribution in [1.29, 1.82) is 0 Å². The molecule has 0 spiro atoms. The molecule has 1 aliphatic rings. The number of halogens is 1. The van der Waals surface area contributed by atoms with Gasteiger partial charge in [-0.1, -0.05) is 40.2 Å². The summed E-state index contributed by atoms with van der Waals surface area (Å²) < 4.78 is 12.8. The van der Waals surface area contributed by atoms with E-state index >= 15 is 0 Å². The summed E-state index contributed by atoms with van der Waals surface area (Å²) in [6.07, 6.45) is 0. The number of nitrogens with one attached hydrogen (secondary N) is 3. The maximum absolute atomic E-state index is 13.3. The fourth-order valence-electron chi connectivity index (χ4n) is 4.13. The summed E-state index contributed by atoms with van der Waals surface area (Å²) in [4.78, 5) is 38.8. The number of hydrogen-bond acceptors (Lipinski definition) is 5. The lowest BCUT2D eigenvalue weighted by molar-refractivity contribution is -0.136. The summed E-state index contributed by atoms with van der Waals surface area (Å²) >= 11 is 3.43. The molecule has 0 aliphatic carbocycles. The Labute approximate surface area is 220 Å². The van der Waals surface area contributed by atoms with Crippen molar-refractivity contribution in [2.24, 2.45) is 0 Å². The summed E-state index contributed by atoms with van der Waals surface area (Å²) in [5.74, 6) is -0.975. The SMILES string of the molecule is Cc1cccc(C)c1NC(=O)c1cc2cc(Br)ccc2n1NC(=O)C(=O)NCc1ccc2c(c1)OCO2. The molecule has 3 aromatic carbocycles. The molecule has 9 nitrogen and oxygen atoms in total. The second kappa shape index (κ2) is 9.98. The van der Waals surface area contributed by atoms with Gasteiger partial charge in [-0.25, -0.2) is 4.68 Å². The van der Waals surface area contributed by atoms with Gasteiger partial charge in [0.1, 0.15) is 5.69 Å². The van der Waals surface area contributed by atoms with E-state index in [9.17, 15) is 14.4 Å². The Balaban J connectivity index is 1.36. The topological polar surface area (TPSA) is 111 Å². The van der Waals surface area contributed by atoms with E-state index in [-0.39, 0.29) is 19.0 Å². The van der Waals surface area contributed by atoms with E-state index in [1.807, 2.05) is 38.1 Å². The number of aromatic nitrogens is 1. The Hall–Kier alpha value is -4.31. The van der Waals surface area contributed by atoms with Crippen molar-refractivity contribution >= 4 is 50.2 Å². The number of carbonyl (C=O) groups excluding carboxylic acids is 3. The average molecular weight is 563 g/mol. The van der Waals surface area contributed by atoms with E-state index in [0.29, 0.717) is 28.1 Å². The molecule has 4 aromatic rings. The summed E-state index contributed by atoms with van der Waals surface area (Å²) in [7, 11) is 0. The lowest BCUT2D eigenvalue weighted by atomic mass is 10.1. The number of anilines is 1. The van der Waals surface area contributed by atoms with Crippen molar-refractivity contribution in [2.75, 3.05) is 17.5 Å². The Morgan fingerprint density at radius 1 is 0.919 bits per heavy atom. The third kappa shape index (κ3) is 5.01. The van der Waals surface area contributed by atoms with Gasteiger partial charge in [0.25, 0.3) is 5.91 Å². The van der Waals surface area contributed by atoms with Crippen molar-refractivity contribution in [3.05, 3.63) is 87.5 Å². The van der Waals surface area contributed by atoms with Gasteiger partial charge in [-0.3, -0.25) is 19.8 Å². The fourth-order valence-corrected chi connectivity index (χ4v) is 4.51. The van der Waals surface area contributed by atoms with Gasteiger partial charge in [-0.15, -0.1) is 0 Å². The van der Waals surface area contributed by atoms with Gasteiger partial charge >= 0.3 is 11.8 Å². The first-order chi connectivity index (χ1) is 17.8. The third-order valence-corrected chi connectivity index (χ3v) is 6.52. The lowest BCUT2D eigenvalue weighted by Crippen LogP contribution is -2.39. The van der Waals surface area contributed by atoms with Crippen LogP contribution < -0.4 is 25.5 Å². The molecule has 0 unspecified atom stereocenters. The van der Waals surface area contributed by atoms with Crippen LogP contribution >= 0.6 is 15.9 Å². The van der Waals surface area contributed by atoms with Crippen molar-refractivity contribution in [3.8, 4) is 11.5 Å². The number of hydrogen-bond donors (Lipinski definition) is 3. The van der Waals surface area contributed by atoms with Crippen LogP contribution in [0, 0.1) is 13.8 Å². The van der Waals surface area contributed by atoms with Gasteiger partial charge in [-0.2, -0.15) is 0 Å². The molecule has 0 bridgehead atoms. The first kappa shape index (κ1) is 24.4. The number of amides is 3. The number of rotatable bonds is 5. The molecule has 3 amide bonds. The molecule has 1 aromatic heterocycles. The maximum Gasteiger partial charge on any atom is 0.328 e. The second-order valence-electron chi connectivity index (χ2n) is 8.60. The highest BCUT2D eigenvalue weighted by Gasteiger charge is 2.22. The zero-order chi connectivity index (χ0) is 26.1. The smallest absolute Gasteiger partial charge is 0.328 e. The first-order valence-corrected chi connectivity index (χ1v) is 12.3. The number of fused-ring (bicyclic) bond motifs is 2. The van der Waals surface area contributed by atoms with E-state index < -0.39 is 17.7 Å². The van der Waals surface area contributed by atoms with Gasteiger partial charge in [0.05, 0.1) is 5.52 Å². The van der Waals surface area contributed by atoms with Crippen molar-refractivity contribution in [3.63, 3.8) is 0 Å². The maximum atomic E-state index is 13.3. The molecule has 0 atom stereocenters.